The molecule has 2 amide bonds. The molecule has 2 atom stereocenters. The van der Waals surface area contributed by atoms with E-state index in [1.54, 1.807) is 24.3 Å². The quantitative estimate of drug-likeness (QED) is 0.556. The van der Waals surface area contributed by atoms with Gasteiger partial charge in [0.2, 0.25) is 0 Å². The Morgan fingerprint density at radius 1 is 1.04 bits per heavy atom. The van der Waals surface area contributed by atoms with Crippen molar-refractivity contribution in [2.45, 2.75) is 37.7 Å². The Bertz CT molecular complexity index is 790. The maximum atomic E-state index is 12.0. The zero-order valence-corrected chi connectivity index (χ0v) is 15.4. The number of carbonyl (C=O) groups excluding carboxylic acids is 2. The fraction of sp³-hybridized carbons (Fsp3) is 0.333. The third-order valence-electron chi connectivity index (χ3n) is 4.46. The van der Waals surface area contributed by atoms with Crippen LogP contribution in [0.3, 0.4) is 0 Å². The summed E-state index contributed by atoms with van der Waals surface area (Å²) in [6.07, 6.45) is -1.07. The van der Waals surface area contributed by atoms with Crippen molar-refractivity contribution in [3.05, 3.63) is 71.3 Å². The highest BCUT2D eigenvalue weighted by Crippen LogP contribution is 2.21. The minimum atomic E-state index is -1.21. The van der Waals surface area contributed by atoms with Crippen LogP contribution in [0, 0.1) is 0 Å². The number of nitrogens with one attached hydrogen (secondary N) is 2. The van der Waals surface area contributed by atoms with E-state index in [1.807, 2.05) is 30.3 Å². The minimum absolute atomic E-state index is 0.121. The zero-order chi connectivity index (χ0) is 19.9. The van der Waals surface area contributed by atoms with Gasteiger partial charge in [0, 0.05) is 18.2 Å². The molecule has 28 heavy (non-hydrogen) atoms. The summed E-state index contributed by atoms with van der Waals surface area (Å²) in [5.41, 5.74) is 1.80. The minimum Gasteiger partial charge on any atom is -0.445 e. The molecule has 1 saturated carbocycles. The Morgan fingerprint density at radius 3 is 2.36 bits per heavy atom. The van der Waals surface area contributed by atoms with Crippen LogP contribution in [0.2, 0.25) is 0 Å². The van der Waals surface area contributed by atoms with E-state index in [9.17, 15) is 19.8 Å². The highest BCUT2D eigenvalue weighted by Gasteiger charge is 2.24. The Kier molecular flexibility index (Phi) is 6.62. The second kappa shape index (κ2) is 9.34. The molecular formula is C21H24N2O5. The van der Waals surface area contributed by atoms with Crippen LogP contribution in [0.15, 0.2) is 54.6 Å². The lowest BCUT2D eigenvalue weighted by molar-refractivity contribution is 0.0184. The maximum Gasteiger partial charge on any atom is 0.407 e. The Morgan fingerprint density at radius 2 is 1.71 bits per heavy atom. The molecule has 0 radical (unpaired) electrons. The number of carbonyl (C=O) groups is 2. The number of aliphatic hydroxyl groups is 2. The van der Waals surface area contributed by atoms with Crippen LogP contribution >= 0.6 is 0 Å². The van der Waals surface area contributed by atoms with Gasteiger partial charge in [0.05, 0.1) is 0 Å². The Balaban J connectivity index is 1.43. The van der Waals surface area contributed by atoms with Gasteiger partial charge in [0.1, 0.15) is 18.8 Å². The van der Waals surface area contributed by atoms with Gasteiger partial charge in [-0.25, -0.2) is 4.79 Å². The number of rotatable bonds is 8. The summed E-state index contributed by atoms with van der Waals surface area (Å²) in [5, 5.41) is 25.7. The fourth-order valence-electron chi connectivity index (χ4n) is 2.62. The molecule has 4 N–H and O–H groups in total. The molecule has 0 aromatic heterocycles. The lowest BCUT2D eigenvalue weighted by Crippen LogP contribution is -2.35. The maximum absolute atomic E-state index is 12.0. The summed E-state index contributed by atoms with van der Waals surface area (Å²) in [6.45, 7) is -0.0472. The number of aliphatic hydroxyl groups excluding tert-OH is 2. The molecule has 1 aliphatic rings. The van der Waals surface area contributed by atoms with Gasteiger partial charge in [-0.05, 0) is 36.1 Å². The molecule has 0 aliphatic heterocycles. The topological polar surface area (TPSA) is 108 Å². The van der Waals surface area contributed by atoms with Crippen molar-refractivity contribution in [2.75, 3.05) is 6.54 Å². The van der Waals surface area contributed by atoms with Crippen LogP contribution in [0.1, 0.15) is 40.4 Å². The van der Waals surface area contributed by atoms with Crippen molar-refractivity contribution in [1.29, 1.82) is 0 Å². The second-order valence-electron chi connectivity index (χ2n) is 6.82. The predicted molar refractivity (Wildman–Crippen MR) is 103 cm³/mol. The number of alkyl carbamates (subject to hydrolysis) is 1. The van der Waals surface area contributed by atoms with Gasteiger partial charge in [-0.2, -0.15) is 0 Å². The van der Waals surface area contributed by atoms with E-state index in [2.05, 4.69) is 10.6 Å². The predicted octanol–water partition coefficient (Wildman–Crippen LogP) is 1.90. The number of amides is 2. The lowest BCUT2D eigenvalue weighted by Gasteiger charge is -2.19. The molecule has 148 valence electrons. The third-order valence-corrected chi connectivity index (χ3v) is 4.46. The number of hydrogen-bond acceptors (Lipinski definition) is 5. The molecular weight excluding hydrogens is 360 g/mol. The van der Waals surface area contributed by atoms with Crippen LogP contribution in [0.25, 0.3) is 0 Å². The summed E-state index contributed by atoms with van der Waals surface area (Å²) in [7, 11) is 0. The van der Waals surface area contributed by atoms with Gasteiger partial charge < -0.3 is 25.6 Å². The van der Waals surface area contributed by atoms with E-state index in [-0.39, 0.29) is 25.1 Å². The van der Waals surface area contributed by atoms with E-state index < -0.39 is 18.3 Å². The number of benzene rings is 2. The van der Waals surface area contributed by atoms with Crippen LogP contribution in [-0.2, 0) is 11.3 Å². The van der Waals surface area contributed by atoms with Gasteiger partial charge in [0.15, 0.2) is 0 Å². The summed E-state index contributed by atoms with van der Waals surface area (Å²) in [4.78, 5) is 23.7. The average Bonchev–Trinajstić information content (AvgIpc) is 3.54. The van der Waals surface area contributed by atoms with Crippen molar-refractivity contribution in [3.8, 4) is 0 Å². The van der Waals surface area contributed by atoms with Crippen molar-refractivity contribution in [1.82, 2.24) is 10.6 Å². The van der Waals surface area contributed by atoms with Crippen molar-refractivity contribution in [3.63, 3.8) is 0 Å². The molecule has 2 aromatic carbocycles. The lowest BCUT2D eigenvalue weighted by atomic mass is 10.0. The van der Waals surface area contributed by atoms with E-state index in [0.29, 0.717) is 11.1 Å². The zero-order valence-electron chi connectivity index (χ0n) is 15.4. The summed E-state index contributed by atoms with van der Waals surface area (Å²) >= 11 is 0. The fourth-order valence-corrected chi connectivity index (χ4v) is 2.62. The van der Waals surface area contributed by atoms with E-state index >= 15 is 0 Å². The van der Waals surface area contributed by atoms with E-state index in [4.69, 9.17) is 4.74 Å². The molecule has 0 bridgehead atoms. The molecule has 7 nitrogen and oxygen atoms in total. The molecule has 2 aromatic rings. The van der Waals surface area contributed by atoms with E-state index in [0.717, 1.165) is 18.4 Å². The average molecular weight is 384 g/mol. The molecule has 7 heteroatoms. The standard InChI is InChI=1S/C21H24N2O5/c24-18(12-22-21(27)28-13-14-4-2-1-3-5-14)19(25)15-6-8-16(9-7-15)20(26)23-17-10-11-17/h1-9,17-19,24-25H,10-13H2,(H,22,27)(H,23,26). The third kappa shape index (κ3) is 5.80. The molecule has 0 spiro atoms. The summed E-state index contributed by atoms with van der Waals surface area (Å²) < 4.78 is 5.06. The Labute approximate surface area is 163 Å². The van der Waals surface area contributed by atoms with Gasteiger partial charge in [-0.1, -0.05) is 42.5 Å². The summed E-state index contributed by atoms with van der Waals surface area (Å²) in [5.74, 6) is -0.146. The number of hydrogen-bond donors (Lipinski definition) is 4. The highest BCUT2D eigenvalue weighted by molar-refractivity contribution is 5.94. The van der Waals surface area contributed by atoms with Crippen LogP contribution < -0.4 is 10.6 Å². The normalized spacial score (nSPS) is 15.4. The first-order valence-electron chi connectivity index (χ1n) is 9.24. The number of ether oxygens (including phenoxy) is 1. The SMILES string of the molecule is O=C(NCC(O)C(O)c1ccc(C(=O)NC2CC2)cc1)OCc1ccccc1. The van der Waals surface area contributed by atoms with Gasteiger partial charge in [-0.3, -0.25) is 4.79 Å². The van der Waals surface area contributed by atoms with Gasteiger partial charge in [-0.15, -0.1) is 0 Å². The van der Waals surface area contributed by atoms with E-state index in [1.165, 1.54) is 0 Å². The second-order valence-corrected chi connectivity index (χ2v) is 6.82. The molecule has 1 aliphatic carbocycles. The molecule has 1 fully saturated rings. The monoisotopic (exact) mass is 384 g/mol. The van der Waals surface area contributed by atoms with Crippen LogP contribution in [0.5, 0.6) is 0 Å². The smallest absolute Gasteiger partial charge is 0.407 e. The van der Waals surface area contributed by atoms with Crippen LogP contribution in [0.4, 0.5) is 4.79 Å². The first-order valence-corrected chi connectivity index (χ1v) is 9.24. The first kappa shape index (κ1) is 19.9. The van der Waals surface area contributed by atoms with Crippen molar-refractivity contribution in [2.24, 2.45) is 0 Å². The molecule has 2 unspecified atom stereocenters. The molecule has 0 saturated heterocycles. The Hall–Kier alpha value is -2.90. The first-order chi connectivity index (χ1) is 13.5. The van der Waals surface area contributed by atoms with Crippen molar-refractivity contribution >= 4 is 12.0 Å². The van der Waals surface area contributed by atoms with Gasteiger partial charge >= 0.3 is 6.09 Å². The van der Waals surface area contributed by atoms with Gasteiger partial charge in [0.25, 0.3) is 5.91 Å². The van der Waals surface area contributed by atoms with Crippen LogP contribution in [-0.4, -0.2) is 40.9 Å². The van der Waals surface area contributed by atoms with Crippen molar-refractivity contribution < 1.29 is 24.5 Å². The highest BCUT2D eigenvalue weighted by atomic mass is 16.5. The molecule has 0 heterocycles. The molecule has 3 rings (SSSR count). The largest absolute Gasteiger partial charge is 0.445 e. The summed E-state index contributed by atoms with van der Waals surface area (Å²) in [6, 6.07) is 15.9.